The van der Waals surface area contributed by atoms with E-state index in [-0.39, 0.29) is 24.3 Å². The van der Waals surface area contributed by atoms with Crippen molar-refractivity contribution in [2.45, 2.75) is 63.5 Å². The number of hydrogen-bond acceptors (Lipinski definition) is 5. The number of amides is 2. The van der Waals surface area contributed by atoms with Crippen molar-refractivity contribution >= 4 is 22.7 Å². The van der Waals surface area contributed by atoms with Crippen molar-refractivity contribution in [3.63, 3.8) is 0 Å². The molecule has 1 aliphatic carbocycles. The number of rotatable bonds is 13. The summed E-state index contributed by atoms with van der Waals surface area (Å²) >= 11 is 0. The summed E-state index contributed by atoms with van der Waals surface area (Å²) in [6, 6.07) is 20.9. The molecule has 0 bridgehead atoms. The molecule has 1 heterocycles. The van der Waals surface area contributed by atoms with Crippen molar-refractivity contribution in [3.8, 4) is 17.2 Å². The molecule has 4 aromatic rings. The third kappa shape index (κ3) is 7.18. The Balaban J connectivity index is 1.52. The van der Waals surface area contributed by atoms with E-state index in [1.165, 1.54) is 6.42 Å². The average molecular weight is 598 g/mol. The van der Waals surface area contributed by atoms with Gasteiger partial charge in [0.05, 0.1) is 21.3 Å². The molecule has 1 aliphatic rings. The number of para-hydroxylation sites is 1. The van der Waals surface area contributed by atoms with Crippen LogP contribution in [0.2, 0.25) is 0 Å². The van der Waals surface area contributed by atoms with E-state index < -0.39 is 6.04 Å². The van der Waals surface area contributed by atoms with Gasteiger partial charge in [-0.25, -0.2) is 0 Å². The number of H-pyrrole nitrogens is 1. The normalized spacial score (nSPS) is 14.2. The summed E-state index contributed by atoms with van der Waals surface area (Å²) in [5, 5.41) is 4.40. The first-order valence-electron chi connectivity index (χ1n) is 15.5. The number of methoxy groups -OCH3 is 3. The van der Waals surface area contributed by atoms with E-state index >= 15 is 0 Å². The number of carbonyl (C=O) groups excluding carboxylic acids is 2. The largest absolute Gasteiger partial charge is 0.493 e. The summed E-state index contributed by atoms with van der Waals surface area (Å²) < 4.78 is 16.9. The van der Waals surface area contributed by atoms with Crippen LogP contribution in [-0.4, -0.2) is 55.6 Å². The second kappa shape index (κ2) is 14.8. The van der Waals surface area contributed by atoms with Crippen molar-refractivity contribution < 1.29 is 23.8 Å². The number of benzene rings is 3. The highest BCUT2D eigenvalue weighted by molar-refractivity contribution is 5.90. The summed E-state index contributed by atoms with van der Waals surface area (Å²) in [6.07, 6.45) is 8.61. The van der Waals surface area contributed by atoms with Gasteiger partial charge in [0.2, 0.25) is 17.6 Å². The fourth-order valence-electron chi connectivity index (χ4n) is 6.27. The van der Waals surface area contributed by atoms with E-state index in [0.29, 0.717) is 42.2 Å². The summed E-state index contributed by atoms with van der Waals surface area (Å²) in [5.41, 5.74) is 3.82. The molecule has 0 radical (unpaired) electrons. The first-order valence-corrected chi connectivity index (χ1v) is 15.5. The van der Waals surface area contributed by atoms with Gasteiger partial charge in [0, 0.05) is 36.1 Å². The van der Waals surface area contributed by atoms with Gasteiger partial charge in [-0.1, -0.05) is 67.8 Å². The number of aromatic nitrogens is 1. The van der Waals surface area contributed by atoms with Gasteiger partial charge < -0.3 is 29.4 Å². The van der Waals surface area contributed by atoms with E-state index in [0.717, 1.165) is 47.7 Å². The Morgan fingerprint density at radius 3 is 2.25 bits per heavy atom. The van der Waals surface area contributed by atoms with Crippen LogP contribution in [0.4, 0.5) is 0 Å². The second-order valence-corrected chi connectivity index (χ2v) is 11.4. The molecular formula is C36H43N3O5. The number of fused-ring (bicyclic) bond motifs is 1. The van der Waals surface area contributed by atoms with Gasteiger partial charge in [0.15, 0.2) is 11.5 Å². The summed E-state index contributed by atoms with van der Waals surface area (Å²) in [7, 11) is 4.66. The Labute approximate surface area is 259 Å². The van der Waals surface area contributed by atoms with Gasteiger partial charge in [-0.3, -0.25) is 9.59 Å². The van der Waals surface area contributed by atoms with Crippen LogP contribution in [0.5, 0.6) is 17.2 Å². The number of nitrogens with zero attached hydrogens (tertiary/aromatic N) is 1. The molecule has 1 aromatic heterocycles. The van der Waals surface area contributed by atoms with Gasteiger partial charge >= 0.3 is 0 Å². The molecule has 1 saturated carbocycles. The van der Waals surface area contributed by atoms with Crippen molar-refractivity contribution in [2.75, 3.05) is 27.9 Å². The standard InChI is InChI=1S/C36H43N3O5/c1-42-31-22-27(23-32(43-2)35(31)44-3)34(36(41)38-28-14-8-5-9-15-28)39(21-20-25-12-6-4-7-13-25)33(40)19-18-26-24-37-30-17-11-10-16-29(26)30/h4,6-7,10-13,16-17,22-24,28,34,37H,5,8-9,14-15,18-21H2,1-3H3,(H,38,41)/t34-/m1/s1. The van der Waals surface area contributed by atoms with E-state index in [2.05, 4.69) is 16.4 Å². The molecular weight excluding hydrogens is 554 g/mol. The molecule has 0 spiro atoms. The summed E-state index contributed by atoms with van der Waals surface area (Å²) in [4.78, 5) is 33.6. The number of ether oxygens (including phenoxy) is 3. The van der Waals surface area contributed by atoms with Crippen molar-refractivity contribution in [1.29, 1.82) is 0 Å². The van der Waals surface area contributed by atoms with E-state index in [1.807, 2.05) is 54.7 Å². The molecule has 5 rings (SSSR count). The zero-order chi connectivity index (χ0) is 30.9. The number of aromatic amines is 1. The van der Waals surface area contributed by atoms with Crippen molar-refractivity contribution in [2.24, 2.45) is 0 Å². The minimum absolute atomic E-state index is 0.0816. The van der Waals surface area contributed by atoms with Crippen LogP contribution < -0.4 is 19.5 Å². The topological polar surface area (TPSA) is 92.9 Å². The van der Waals surface area contributed by atoms with Crippen molar-refractivity contribution in [1.82, 2.24) is 15.2 Å². The second-order valence-electron chi connectivity index (χ2n) is 11.4. The molecule has 8 heteroatoms. The zero-order valence-electron chi connectivity index (χ0n) is 25.9. The molecule has 232 valence electrons. The lowest BCUT2D eigenvalue weighted by molar-refractivity contribution is -0.141. The Bertz CT molecular complexity index is 1520. The molecule has 1 fully saturated rings. The molecule has 8 nitrogen and oxygen atoms in total. The van der Waals surface area contributed by atoms with Crippen LogP contribution in [0.1, 0.15) is 61.3 Å². The third-order valence-corrected chi connectivity index (χ3v) is 8.60. The molecule has 0 unspecified atom stereocenters. The monoisotopic (exact) mass is 597 g/mol. The Hall–Kier alpha value is -4.46. The SMILES string of the molecule is COc1cc([C@H](C(=O)NC2CCCCC2)N(CCc2ccccc2)C(=O)CCc2c[nH]c3ccccc23)cc(OC)c1OC. The number of hydrogen-bond donors (Lipinski definition) is 2. The minimum Gasteiger partial charge on any atom is -0.493 e. The predicted octanol–water partition coefficient (Wildman–Crippen LogP) is 6.39. The molecule has 3 aromatic carbocycles. The minimum atomic E-state index is -0.884. The van der Waals surface area contributed by atoms with Crippen LogP contribution in [0.15, 0.2) is 72.9 Å². The maximum atomic E-state index is 14.3. The molecule has 1 atom stereocenters. The summed E-state index contributed by atoms with van der Waals surface area (Å²) in [6.45, 7) is 0.371. The first kappa shape index (κ1) is 31.0. The fourth-order valence-corrected chi connectivity index (χ4v) is 6.27. The van der Waals surface area contributed by atoms with Gasteiger partial charge in [0.1, 0.15) is 6.04 Å². The third-order valence-electron chi connectivity index (χ3n) is 8.60. The maximum Gasteiger partial charge on any atom is 0.247 e. The zero-order valence-corrected chi connectivity index (χ0v) is 25.9. The van der Waals surface area contributed by atoms with Crippen LogP contribution in [-0.2, 0) is 22.4 Å². The average Bonchev–Trinajstić information content (AvgIpc) is 3.48. The van der Waals surface area contributed by atoms with Gasteiger partial charge in [-0.2, -0.15) is 0 Å². The van der Waals surface area contributed by atoms with Crippen LogP contribution in [0.25, 0.3) is 10.9 Å². The lowest BCUT2D eigenvalue weighted by Crippen LogP contribution is -2.47. The number of carbonyl (C=O) groups is 2. The molecule has 0 aliphatic heterocycles. The van der Waals surface area contributed by atoms with Gasteiger partial charge in [-0.15, -0.1) is 0 Å². The lowest BCUT2D eigenvalue weighted by atomic mass is 9.94. The molecule has 0 saturated heterocycles. The van der Waals surface area contributed by atoms with Crippen LogP contribution >= 0.6 is 0 Å². The van der Waals surface area contributed by atoms with Gasteiger partial charge in [-0.05, 0) is 60.6 Å². The maximum absolute atomic E-state index is 14.3. The van der Waals surface area contributed by atoms with E-state index in [1.54, 1.807) is 38.4 Å². The molecule has 2 N–H and O–H groups in total. The van der Waals surface area contributed by atoms with E-state index in [9.17, 15) is 9.59 Å². The Morgan fingerprint density at radius 2 is 1.57 bits per heavy atom. The smallest absolute Gasteiger partial charge is 0.247 e. The quantitative estimate of drug-likeness (QED) is 0.186. The van der Waals surface area contributed by atoms with Crippen LogP contribution in [0, 0.1) is 0 Å². The highest BCUT2D eigenvalue weighted by Crippen LogP contribution is 2.41. The predicted molar refractivity (Wildman–Crippen MR) is 172 cm³/mol. The first-order chi connectivity index (χ1) is 21.5. The Morgan fingerprint density at radius 1 is 0.886 bits per heavy atom. The highest BCUT2D eigenvalue weighted by atomic mass is 16.5. The highest BCUT2D eigenvalue weighted by Gasteiger charge is 2.34. The van der Waals surface area contributed by atoms with E-state index in [4.69, 9.17) is 14.2 Å². The van der Waals surface area contributed by atoms with Crippen molar-refractivity contribution in [3.05, 3.63) is 89.6 Å². The van der Waals surface area contributed by atoms with Crippen LogP contribution in [0.3, 0.4) is 0 Å². The molecule has 2 amide bonds. The van der Waals surface area contributed by atoms with Gasteiger partial charge in [0.25, 0.3) is 0 Å². The number of nitrogens with one attached hydrogen (secondary N) is 2. The Kier molecular flexibility index (Phi) is 10.4. The molecule has 44 heavy (non-hydrogen) atoms. The fraction of sp³-hybridized carbons (Fsp3) is 0.389. The number of aryl methyl sites for hydroxylation is 1. The lowest BCUT2D eigenvalue weighted by Gasteiger charge is -2.34. The summed E-state index contributed by atoms with van der Waals surface area (Å²) in [5.74, 6) is 1.02.